The summed E-state index contributed by atoms with van der Waals surface area (Å²) in [5, 5.41) is 10.6. The Morgan fingerprint density at radius 3 is 2.57 bits per heavy atom. The number of fused-ring (bicyclic) bond motifs is 1. The van der Waals surface area contributed by atoms with E-state index in [2.05, 4.69) is 11.1 Å². The molecule has 2 aliphatic heterocycles. The van der Waals surface area contributed by atoms with Gasteiger partial charge in [-0.2, -0.15) is 0 Å². The molecular weight excluding hydrogens is 546 g/mol. The van der Waals surface area contributed by atoms with Crippen molar-refractivity contribution in [2.24, 2.45) is 29.5 Å². The summed E-state index contributed by atoms with van der Waals surface area (Å²) in [4.78, 5) is 41.1. The molecule has 4 rings (SSSR count). The molecule has 232 valence electrons. The number of aromatic amines is 1. The third kappa shape index (κ3) is 6.26. The summed E-state index contributed by atoms with van der Waals surface area (Å²) >= 11 is 0. The van der Waals surface area contributed by atoms with Gasteiger partial charge in [-0.05, 0) is 51.3 Å². The van der Waals surface area contributed by atoms with Crippen LogP contribution in [-0.4, -0.2) is 77.5 Å². The van der Waals surface area contributed by atoms with Gasteiger partial charge in [0.1, 0.15) is 30.1 Å². The summed E-state index contributed by atoms with van der Waals surface area (Å²) in [6, 6.07) is 3.34. The lowest BCUT2D eigenvalue weighted by molar-refractivity contribution is -0.172. The van der Waals surface area contributed by atoms with Gasteiger partial charge < -0.3 is 33.8 Å². The number of aliphatic hydroxyl groups is 1. The van der Waals surface area contributed by atoms with Gasteiger partial charge in [0.15, 0.2) is 6.10 Å². The molecule has 0 radical (unpaired) electrons. The average Bonchev–Trinajstić information content (AvgIpc) is 3.60. The number of carbonyl (C=O) groups is 3. The third-order valence-electron chi connectivity index (χ3n) is 9.00. The summed E-state index contributed by atoms with van der Waals surface area (Å²) < 4.78 is 29.8. The molecule has 1 unspecified atom stereocenters. The van der Waals surface area contributed by atoms with Crippen molar-refractivity contribution in [2.75, 3.05) is 7.11 Å². The number of aromatic nitrogens is 1. The van der Waals surface area contributed by atoms with Crippen molar-refractivity contribution >= 4 is 18.0 Å². The van der Waals surface area contributed by atoms with E-state index in [9.17, 15) is 19.5 Å². The van der Waals surface area contributed by atoms with Crippen molar-refractivity contribution < 1.29 is 43.2 Å². The van der Waals surface area contributed by atoms with E-state index in [0.29, 0.717) is 12.1 Å². The maximum Gasteiger partial charge on any atom is 0.421 e. The van der Waals surface area contributed by atoms with Crippen molar-refractivity contribution in [2.45, 2.75) is 89.7 Å². The number of cyclic esters (lactones) is 1. The lowest BCUT2D eigenvalue weighted by Gasteiger charge is -2.41. The maximum absolute atomic E-state index is 13.3. The molecule has 3 aliphatic rings. The van der Waals surface area contributed by atoms with Crippen LogP contribution in [0.1, 0.15) is 57.9 Å². The van der Waals surface area contributed by atoms with E-state index in [1.165, 1.54) is 7.11 Å². The van der Waals surface area contributed by atoms with Crippen LogP contribution in [0.25, 0.3) is 0 Å². The number of ether oxygens (including phenoxy) is 5. The number of methoxy groups -OCH3 is 1. The molecule has 1 aliphatic carbocycles. The first-order valence-corrected chi connectivity index (χ1v) is 14.4. The molecule has 1 aromatic rings. The van der Waals surface area contributed by atoms with Crippen LogP contribution in [0.15, 0.2) is 42.1 Å². The van der Waals surface area contributed by atoms with Crippen LogP contribution in [0.5, 0.6) is 0 Å². The quantitative estimate of drug-likeness (QED) is 0.0882. The molecular formula is C30H43N3O9. The standard InChI is InChI=1S/C30H43N3O9/c1-15-12-16(2)30-14-20(26(42-30)25(17(3)18(4)34)41-27(35)22-8-7-11-32-22)9-10-21(30)13-23(38-6)28(36)40-24(15)19(5)39-29(37)33-31/h7-12,15,17-21,23-26,32,34H,13-14,31H2,1-6H3,(H,33,37)/b16-12+/t15-,17-,18+,19-,20-,21?,23+,24+,25-,26-,30+/m1/s1. The predicted octanol–water partition coefficient (Wildman–Crippen LogP) is 2.79. The van der Waals surface area contributed by atoms with Gasteiger partial charge in [-0.1, -0.05) is 32.1 Å². The normalized spacial score (nSPS) is 35.0. The third-order valence-corrected chi connectivity index (χ3v) is 9.00. The number of hydrazine groups is 1. The van der Waals surface area contributed by atoms with E-state index in [4.69, 9.17) is 29.5 Å². The SMILES string of the molecule is CO[C@H]1CC2C=C[C@@H]3C[C@]2(O[C@H]3[C@H](OC(=O)c2ccc[nH]2)[C@H](C)[C@H](C)O)/C(C)=C/[C@@H](C)[C@@H]([C@@H](C)OC(=O)NN)OC1=O. The summed E-state index contributed by atoms with van der Waals surface area (Å²) in [5.41, 5.74) is 2.30. The molecule has 1 aromatic heterocycles. The van der Waals surface area contributed by atoms with Gasteiger partial charge in [0, 0.05) is 37.0 Å². The molecule has 2 bridgehead atoms. The number of nitrogens with one attached hydrogen (secondary N) is 2. The summed E-state index contributed by atoms with van der Waals surface area (Å²) in [6.45, 7) is 8.97. The smallest absolute Gasteiger partial charge is 0.421 e. The minimum atomic E-state index is -0.912. The number of nitrogens with two attached hydrogens (primary N) is 1. The van der Waals surface area contributed by atoms with E-state index in [1.54, 1.807) is 32.2 Å². The van der Waals surface area contributed by atoms with Gasteiger partial charge >= 0.3 is 18.0 Å². The predicted molar refractivity (Wildman–Crippen MR) is 151 cm³/mol. The molecule has 42 heavy (non-hydrogen) atoms. The van der Waals surface area contributed by atoms with Crippen molar-refractivity contribution in [1.29, 1.82) is 0 Å². The van der Waals surface area contributed by atoms with Crippen LogP contribution in [-0.2, 0) is 28.5 Å². The summed E-state index contributed by atoms with van der Waals surface area (Å²) in [7, 11) is 1.45. The van der Waals surface area contributed by atoms with Crippen LogP contribution >= 0.6 is 0 Å². The van der Waals surface area contributed by atoms with Crippen molar-refractivity contribution in [3.8, 4) is 0 Å². The van der Waals surface area contributed by atoms with Crippen LogP contribution in [0.3, 0.4) is 0 Å². The lowest BCUT2D eigenvalue weighted by atomic mass is 9.69. The second-order valence-corrected chi connectivity index (χ2v) is 11.7. The minimum absolute atomic E-state index is 0.121. The number of carbonyl (C=O) groups excluding carboxylic acids is 3. The van der Waals surface area contributed by atoms with E-state index in [0.717, 1.165) is 5.57 Å². The Morgan fingerprint density at radius 1 is 1.21 bits per heavy atom. The minimum Gasteiger partial charge on any atom is -0.456 e. The molecule has 12 heteroatoms. The van der Waals surface area contributed by atoms with Crippen LogP contribution in [0.4, 0.5) is 4.79 Å². The molecule has 5 N–H and O–H groups in total. The second kappa shape index (κ2) is 13.0. The lowest BCUT2D eigenvalue weighted by Crippen LogP contribution is -2.48. The first-order chi connectivity index (χ1) is 19.9. The van der Waals surface area contributed by atoms with Gasteiger partial charge in [0.05, 0.1) is 11.7 Å². The highest BCUT2D eigenvalue weighted by Crippen LogP contribution is 2.53. The zero-order valence-corrected chi connectivity index (χ0v) is 24.9. The number of hydrogen-bond donors (Lipinski definition) is 4. The van der Waals surface area contributed by atoms with Gasteiger partial charge in [0.2, 0.25) is 0 Å². The van der Waals surface area contributed by atoms with E-state index in [1.807, 2.05) is 38.3 Å². The molecule has 1 spiro atoms. The fraction of sp³-hybridized carbons (Fsp3) is 0.633. The Hall–Kier alpha value is -3.19. The molecule has 3 heterocycles. The van der Waals surface area contributed by atoms with Crippen molar-refractivity contribution in [1.82, 2.24) is 10.4 Å². The van der Waals surface area contributed by atoms with Gasteiger partial charge in [0.25, 0.3) is 0 Å². The Bertz CT molecular complexity index is 1180. The Kier molecular flexibility index (Phi) is 9.81. The van der Waals surface area contributed by atoms with E-state index < -0.39 is 66.2 Å². The summed E-state index contributed by atoms with van der Waals surface area (Å²) in [5.74, 6) is 2.89. The van der Waals surface area contributed by atoms with Crippen molar-refractivity contribution in [3.05, 3.63) is 47.8 Å². The topological polar surface area (TPSA) is 171 Å². The fourth-order valence-electron chi connectivity index (χ4n) is 6.47. The zero-order valence-electron chi connectivity index (χ0n) is 24.9. The molecule has 0 saturated carbocycles. The van der Waals surface area contributed by atoms with E-state index in [-0.39, 0.29) is 24.2 Å². The van der Waals surface area contributed by atoms with Gasteiger partial charge in [-0.25, -0.2) is 20.2 Å². The molecule has 12 nitrogen and oxygen atoms in total. The van der Waals surface area contributed by atoms with Gasteiger partial charge in [-0.15, -0.1) is 0 Å². The first kappa shape index (κ1) is 31.7. The number of aliphatic hydroxyl groups excluding tert-OH is 1. The largest absolute Gasteiger partial charge is 0.456 e. The number of hydrogen-bond acceptors (Lipinski definition) is 10. The average molecular weight is 590 g/mol. The van der Waals surface area contributed by atoms with Crippen LogP contribution < -0.4 is 11.3 Å². The Labute approximate surface area is 245 Å². The molecule has 11 atom stereocenters. The summed E-state index contributed by atoms with van der Waals surface area (Å²) in [6.07, 6.45) is 3.08. The molecule has 1 amide bonds. The highest BCUT2D eigenvalue weighted by atomic mass is 16.6. The molecule has 1 saturated heterocycles. The Balaban J connectivity index is 1.72. The monoisotopic (exact) mass is 589 g/mol. The number of esters is 2. The maximum atomic E-state index is 13.3. The highest BCUT2D eigenvalue weighted by Gasteiger charge is 2.57. The molecule has 1 fully saturated rings. The first-order valence-electron chi connectivity index (χ1n) is 14.4. The van der Waals surface area contributed by atoms with Crippen LogP contribution in [0.2, 0.25) is 0 Å². The van der Waals surface area contributed by atoms with E-state index >= 15 is 0 Å². The second-order valence-electron chi connectivity index (χ2n) is 11.7. The number of H-pyrrole nitrogens is 1. The Morgan fingerprint density at radius 2 is 1.95 bits per heavy atom. The number of amides is 1. The number of rotatable bonds is 8. The van der Waals surface area contributed by atoms with Crippen molar-refractivity contribution in [3.63, 3.8) is 0 Å². The molecule has 0 aromatic carbocycles. The zero-order chi connectivity index (χ0) is 30.8. The van der Waals surface area contributed by atoms with Crippen LogP contribution in [0, 0.1) is 23.7 Å². The fourth-order valence-corrected chi connectivity index (χ4v) is 6.47. The highest BCUT2D eigenvalue weighted by molar-refractivity contribution is 5.87. The van der Waals surface area contributed by atoms with Gasteiger partial charge in [-0.3, -0.25) is 5.43 Å².